The summed E-state index contributed by atoms with van der Waals surface area (Å²) in [6.45, 7) is 2.81. The van der Waals surface area contributed by atoms with Crippen molar-refractivity contribution >= 4 is 18.2 Å². The summed E-state index contributed by atoms with van der Waals surface area (Å²) < 4.78 is 9.26. The highest BCUT2D eigenvalue weighted by Crippen LogP contribution is 2.05. The van der Waals surface area contributed by atoms with Crippen LogP contribution in [0.3, 0.4) is 0 Å². The van der Waals surface area contributed by atoms with E-state index in [0.717, 1.165) is 19.3 Å². The molecule has 16 heavy (non-hydrogen) atoms. The van der Waals surface area contributed by atoms with Gasteiger partial charge in [-0.05, 0) is 12.8 Å². The maximum atomic E-state index is 11.1. The van der Waals surface area contributed by atoms with E-state index in [2.05, 4.69) is 4.74 Å². The standard InChI is InChI=1S/C11H18O5/c1-3-4-5-6-10(7-12)16-11(14)8-15-9(2)13/h7,10H,3-6,8H2,1-2H3. The van der Waals surface area contributed by atoms with E-state index < -0.39 is 24.6 Å². The van der Waals surface area contributed by atoms with Gasteiger partial charge in [0.25, 0.3) is 0 Å². The van der Waals surface area contributed by atoms with Gasteiger partial charge in [-0.1, -0.05) is 19.8 Å². The van der Waals surface area contributed by atoms with Crippen LogP contribution in [0.5, 0.6) is 0 Å². The molecule has 0 bridgehead atoms. The number of rotatable bonds is 8. The van der Waals surface area contributed by atoms with Crippen LogP contribution in [0, 0.1) is 0 Å². The van der Waals surface area contributed by atoms with Gasteiger partial charge >= 0.3 is 11.9 Å². The monoisotopic (exact) mass is 230 g/mol. The van der Waals surface area contributed by atoms with E-state index >= 15 is 0 Å². The van der Waals surface area contributed by atoms with Gasteiger partial charge in [-0.3, -0.25) is 9.59 Å². The average Bonchev–Trinajstić information content (AvgIpc) is 2.25. The van der Waals surface area contributed by atoms with Gasteiger partial charge in [0.1, 0.15) is 0 Å². The zero-order chi connectivity index (χ0) is 12.4. The van der Waals surface area contributed by atoms with Gasteiger partial charge in [0, 0.05) is 6.92 Å². The molecular formula is C11H18O5. The fourth-order valence-electron chi connectivity index (χ4n) is 1.11. The third kappa shape index (κ3) is 7.96. The van der Waals surface area contributed by atoms with Gasteiger partial charge in [-0.2, -0.15) is 0 Å². The minimum atomic E-state index is -0.727. The molecule has 0 heterocycles. The van der Waals surface area contributed by atoms with Crippen LogP contribution in [0.1, 0.15) is 39.5 Å². The van der Waals surface area contributed by atoms with Crippen LogP contribution < -0.4 is 0 Å². The van der Waals surface area contributed by atoms with Crippen LogP contribution in [-0.2, 0) is 23.9 Å². The number of unbranched alkanes of at least 4 members (excludes halogenated alkanes) is 2. The molecule has 0 aliphatic heterocycles. The summed E-state index contributed by atoms with van der Waals surface area (Å²) >= 11 is 0. The third-order valence-corrected chi connectivity index (χ3v) is 1.92. The number of aldehydes is 1. The van der Waals surface area contributed by atoms with Gasteiger partial charge in [-0.25, -0.2) is 4.79 Å². The average molecular weight is 230 g/mol. The van der Waals surface area contributed by atoms with E-state index in [-0.39, 0.29) is 0 Å². The Morgan fingerprint density at radius 1 is 1.31 bits per heavy atom. The topological polar surface area (TPSA) is 69.7 Å². The summed E-state index contributed by atoms with van der Waals surface area (Å²) in [6.07, 6.45) is 3.25. The second-order valence-electron chi connectivity index (χ2n) is 3.44. The lowest BCUT2D eigenvalue weighted by Gasteiger charge is -2.11. The number of esters is 2. The minimum Gasteiger partial charge on any atom is -0.454 e. The fourth-order valence-corrected chi connectivity index (χ4v) is 1.11. The highest BCUT2D eigenvalue weighted by molar-refractivity contribution is 5.76. The quantitative estimate of drug-likeness (QED) is 0.356. The SMILES string of the molecule is CCCCCC(C=O)OC(=O)COC(C)=O. The van der Waals surface area contributed by atoms with E-state index in [4.69, 9.17) is 4.74 Å². The molecule has 0 radical (unpaired) electrons. The molecule has 0 rings (SSSR count). The Morgan fingerprint density at radius 3 is 2.50 bits per heavy atom. The van der Waals surface area contributed by atoms with Crippen molar-refractivity contribution in [3.05, 3.63) is 0 Å². The number of hydrogen-bond acceptors (Lipinski definition) is 5. The number of carbonyl (C=O) groups is 3. The highest BCUT2D eigenvalue weighted by atomic mass is 16.6. The van der Waals surface area contributed by atoms with Crippen molar-refractivity contribution in [2.45, 2.75) is 45.6 Å². The molecule has 92 valence electrons. The van der Waals surface area contributed by atoms with Crippen LogP contribution in [0.15, 0.2) is 0 Å². The molecule has 0 aliphatic carbocycles. The van der Waals surface area contributed by atoms with Crippen LogP contribution in [0.2, 0.25) is 0 Å². The first kappa shape index (κ1) is 14.6. The first-order valence-corrected chi connectivity index (χ1v) is 5.38. The second kappa shape index (κ2) is 8.88. The largest absolute Gasteiger partial charge is 0.454 e. The van der Waals surface area contributed by atoms with Crippen LogP contribution in [0.4, 0.5) is 0 Å². The Kier molecular flexibility index (Phi) is 8.11. The number of hydrogen-bond donors (Lipinski definition) is 0. The molecule has 5 heteroatoms. The van der Waals surface area contributed by atoms with Crippen LogP contribution in [-0.4, -0.2) is 30.9 Å². The third-order valence-electron chi connectivity index (χ3n) is 1.92. The van der Waals surface area contributed by atoms with Crippen molar-refractivity contribution in [2.24, 2.45) is 0 Å². The van der Waals surface area contributed by atoms with E-state index in [1.807, 2.05) is 6.92 Å². The molecule has 0 aromatic heterocycles. The zero-order valence-corrected chi connectivity index (χ0v) is 9.73. The first-order valence-electron chi connectivity index (χ1n) is 5.38. The van der Waals surface area contributed by atoms with Crippen molar-refractivity contribution in [3.63, 3.8) is 0 Å². The predicted octanol–water partition coefficient (Wildman–Crippen LogP) is 1.24. The summed E-state index contributed by atoms with van der Waals surface area (Å²) in [5.41, 5.74) is 0. The molecule has 1 atom stereocenters. The summed E-state index contributed by atoms with van der Waals surface area (Å²) in [7, 11) is 0. The fraction of sp³-hybridized carbons (Fsp3) is 0.727. The Labute approximate surface area is 95.1 Å². The molecule has 0 saturated carbocycles. The molecule has 0 fully saturated rings. The number of ether oxygens (including phenoxy) is 2. The van der Waals surface area contributed by atoms with Crippen LogP contribution in [0.25, 0.3) is 0 Å². The van der Waals surface area contributed by atoms with E-state index in [1.54, 1.807) is 0 Å². The summed E-state index contributed by atoms with van der Waals surface area (Å²) in [4.78, 5) is 32.1. The molecule has 0 aliphatic rings. The summed E-state index contributed by atoms with van der Waals surface area (Å²) in [6, 6.07) is 0. The zero-order valence-electron chi connectivity index (χ0n) is 9.73. The Hall–Kier alpha value is -1.39. The van der Waals surface area contributed by atoms with Gasteiger partial charge in [-0.15, -0.1) is 0 Å². The molecular weight excluding hydrogens is 212 g/mol. The Morgan fingerprint density at radius 2 is 2.00 bits per heavy atom. The maximum Gasteiger partial charge on any atom is 0.344 e. The van der Waals surface area contributed by atoms with Gasteiger partial charge in [0.05, 0.1) is 0 Å². The molecule has 0 aromatic rings. The molecule has 0 amide bonds. The van der Waals surface area contributed by atoms with Crippen molar-refractivity contribution in [2.75, 3.05) is 6.61 Å². The molecule has 0 aromatic carbocycles. The normalized spacial score (nSPS) is 11.6. The second-order valence-corrected chi connectivity index (χ2v) is 3.44. The Balaban J connectivity index is 3.78. The van der Waals surface area contributed by atoms with Gasteiger partial charge in [0.15, 0.2) is 19.0 Å². The maximum absolute atomic E-state index is 11.1. The lowest BCUT2D eigenvalue weighted by Crippen LogP contribution is -2.23. The highest BCUT2D eigenvalue weighted by Gasteiger charge is 2.13. The lowest BCUT2D eigenvalue weighted by molar-refractivity contribution is -0.162. The smallest absolute Gasteiger partial charge is 0.344 e. The molecule has 0 N–H and O–H groups in total. The summed E-state index contributed by atoms with van der Waals surface area (Å²) in [5, 5.41) is 0. The number of carbonyl (C=O) groups excluding carboxylic acids is 3. The van der Waals surface area contributed by atoms with E-state index in [1.165, 1.54) is 6.92 Å². The lowest BCUT2D eigenvalue weighted by atomic mass is 10.1. The first-order chi connectivity index (χ1) is 7.60. The van der Waals surface area contributed by atoms with Crippen LogP contribution >= 0.6 is 0 Å². The van der Waals surface area contributed by atoms with Gasteiger partial charge in [0.2, 0.25) is 0 Å². The van der Waals surface area contributed by atoms with Gasteiger partial charge < -0.3 is 9.47 Å². The molecule has 5 nitrogen and oxygen atoms in total. The van der Waals surface area contributed by atoms with E-state index in [0.29, 0.717) is 12.7 Å². The molecule has 1 unspecified atom stereocenters. The predicted molar refractivity (Wildman–Crippen MR) is 56.7 cm³/mol. The van der Waals surface area contributed by atoms with E-state index in [9.17, 15) is 14.4 Å². The summed E-state index contributed by atoms with van der Waals surface area (Å²) in [5.74, 6) is -1.24. The van der Waals surface area contributed by atoms with Crippen molar-refractivity contribution in [3.8, 4) is 0 Å². The Bertz CT molecular complexity index is 237. The minimum absolute atomic E-state index is 0.437. The van der Waals surface area contributed by atoms with Crippen molar-refractivity contribution in [1.29, 1.82) is 0 Å². The van der Waals surface area contributed by atoms with Crippen molar-refractivity contribution in [1.82, 2.24) is 0 Å². The molecule has 0 spiro atoms. The molecule has 0 saturated heterocycles. The van der Waals surface area contributed by atoms with Crippen molar-refractivity contribution < 1.29 is 23.9 Å².